The number of halogens is 1. The minimum absolute atomic E-state index is 0.00445. The first kappa shape index (κ1) is 16.0. The molecule has 6 heteroatoms. The van der Waals surface area contributed by atoms with Gasteiger partial charge in [0, 0.05) is 16.8 Å². The number of aliphatic imine (C=N–C) groups is 1. The van der Waals surface area contributed by atoms with E-state index in [1.807, 2.05) is 42.7 Å². The van der Waals surface area contributed by atoms with Crippen LogP contribution in [0.15, 0.2) is 47.7 Å². The number of thioether (sulfide) groups is 1. The average molecular weight is 345 g/mol. The highest BCUT2D eigenvalue weighted by atomic mass is 35.5. The van der Waals surface area contributed by atoms with Crippen molar-refractivity contribution in [3.63, 3.8) is 0 Å². The lowest BCUT2D eigenvalue weighted by Gasteiger charge is -2.18. The minimum Gasteiger partial charge on any atom is -0.378 e. The van der Waals surface area contributed by atoms with Crippen molar-refractivity contribution in [2.75, 3.05) is 0 Å². The number of benzene rings is 1. The smallest absolute Gasteiger partial charge is 0.160 e. The normalized spacial score (nSPS) is 17.8. The van der Waals surface area contributed by atoms with Crippen molar-refractivity contribution in [2.24, 2.45) is 10.7 Å². The molecular weight excluding hydrogens is 328 g/mol. The zero-order valence-corrected chi connectivity index (χ0v) is 14.5. The van der Waals surface area contributed by atoms with E-state index >= 15 is 0 Å². The van der Waals surface area contributed by atoms with Crippen LogP contribution in [0.4, 0.5) is 0 Å². The van der Waals surface area contributed by atoms with Crippen LogP contribution in [0.1, 0.15) is 42.0 Å². The molecule has 1 unspecified atom stereocenters. The van der Waals surface area contributed by atoms with Crippen molar-refractivity contribution in [1.82, 2.24) is 9.97 Å². The quantitative estimate of drug-likeness (QED) is 0.896. The fourth-order valence-electron chi connectivity index (χ4n) is 2.24. The van der Waals surface area contributed by atoms with Crippen LogP contribution >= 0.6 is 23.4 Å². The van der Waals surface area contributed by atoms with E-state index in [2.05, 4.69) is 28.8 Å². The van der Waals surface area contributed by atoms with Gasteiger partial charge in [-0.3, -0.25) is 9.97 Å². The number of nitrogens with two attached hydrogens (primary N) is 1. The molecule has 0 aliphatic carbocycles. The second-order valence-electron chi connectivity index (χ2n) is 5.57. The van der Waals surface area contributed by atoms with E-state index in [4.69, 9.17) is 17.3 Å². The largest absolute Gasteiger partial charge is 0.378 e. The van der Waals surface area contributed by atoms with Crippen molar-refractivity contribution in [1.29, 1.82) is 0 Å². The van der Waals surface area contributed by atoms with Crippen molar-refractivity contribution in [3.8, 4) is 0 Å². The summed E-state index contributed by atoms with van der Waals surface area (Å²) in [5, 5.41) is 1.19. The van der Waals surface area contributed by atoms with Crippen LogP contribution in [-0.2, 0) is 0 Å². The molecule has 0 bridgehead atoms. The third kappa shape index (κ3) is 3.74. The monoisotopic (exact) mass is 344 g/mol. The first-order valence-electron chi connectivity index (χ1n) is 7.33. The summed E-state index contributed by atoms with van der Waals surface area (Å²) in [5.74, 6) is 0.361. The molecule has 23 heavy (non-hydrogen) atoms. The number of hydrogen-bond donors (Lipinski definition) is 1. The van der Waals surface area contributed by atoms with Gasteiger partial charge in [0.1, 0.15) is 0 Å². The summed E-state index contributed by atoms with van der Waals surface area (Å²) in [5.41, 5.74) is 9.60. The fraction of sp³-hybridized carbons (Fsp3) is 0.235. The molecule has 118 valence electrons. The Labute approximate surface area is 144 Å². The van der Waals surface area contributed by atoms with Gasteiger partial charge in [0.2, 0.25) is 0 Å². The summed E-state index contributed by atoms with van der Waals surface area (Å²) in [6.45, 7) is 4.20. The van der Waals surface area contributed by atoms with E-state index in [1.54, 1.807) is 0 Å². The van der Waals surface area contributed by atoms with E-state index in [0.29, 0.717) is 16.1 Å². The van der Waals surface area contributed by atoms with Gasteiger partial charge in [-0.05, 0) is 24.1 Å². The Balaban J connectivity index is 1.93. The first-order chi connectivity index (χ1) is 11.0. The molecule has 0 amide bonds. The van der Waals surface area contributed by atoms with Crippen LogP contribution in [0.25, 0.3) is 5.70 Å². The number of hydrogen-bond acceptors (Lipinski definition) is 5. The average Bonchev–Trinajstić information content (AvgIpc) is 2.54. The second-order valence-corrected chi connectivity index (χ2v) is 7.17. The zero-order valence-electron chi connectivity index (χ0n) is 12.9. The zero-order chi connectivity index (χ0) is 16.4. The number of amidine groups is 1. The van der Waals surface area contributed by atoms with Crippen LogP contribution in [0.5, 0.6) is 0 Å². The van der Waals surface area contributed by atoms with Crippen LogP contribution in [-0.4, -0.2) is 15.1 Å². The molecule has 1 atom stereocenters. The van der Waals surface area contributed by atoms with Gasteiger partial charge >= 0.3 is 0 Å². The molecule has 2 N–H and O–H groups in total. The molecule has 0 radical (unpaired) electrons. The predicted octanol–water partition coefficient (Wildman–Crippen LogP) is 4.40. The highest BCUT2D eigenvalue weighted by molar-refractivity contribution is 8.14. The lowest BCUT2D eigenvalue weighted by Crippen LogP contribution is -2.14. The molecule has 0 spiro atoms. The maximum Gasteiger partial charge on any atom is 0.160 e. The molecule has 1 aliphatic heterocycles. The van der Waals surface area contributed by atoms with Gasteiger partial charge in [-0.2, -0.15) is 0 Å². The van der Waals surface area contributed by atoms with Crippen LogP contribution in [0, 0.1) is 0 Å². The maximum atomic E-state index is 6.07. The summed E-state index contributed by atoms with van der Waals surface area (Å²) < 4.78 is 0. The van der Waals surface area contributed by atoms with Gasteiger partial charge in [0.15, 0.2) is 5.17 Å². The van der Waals surface area contributed by atoms with Crippen molar-refractivity contribution in [3.05, 3.63) is 64.7 Å². The van der Waals surface area contributed by atoms with E-state index in [1.165, 1.54) is 11.8 Å². The number of nitrogens with zero attached hydrogens (tertiary/aromatic N) is 3. The molecule has 3 rings (SSSR count). The molecule has 2 heterocycles. The van der Waals surface area contributed by atoms with Crippen molar-refractivity contribution < 1.29 is 0 Å². The highest BCUT2D eigenvalue weighted by Gasteiger charge is 2.20. The Kier molecular flexibility index (Phi) is 4.68. The lowest BCUT2D eigenvalue weighted by atomic mass is 10.1. The molecule has 1 aromatic heterocycles. The Morgan fingerprint density at radius 2 is 2.04 bits per heavy atom. The van der Waals surface area contributed by atoms with E-state index in [-0.39, 0.29) is 5.25 Å². The van der Waals surface area contributed by atoms with Crippen LogP contribution in [0.2, 0.25) is 5.02 Å². The highest BCUT2D eigenvalue weighted by Crippen LogP contribution is 2.37. The van der Waals surface area contributed by atoms with Gasteiger partial charge in [0.05, 0.1) is 28.5 Å². The third-order valence-electron chi connectivity index (χ3n) is 3.48. The molecule has 2 aromatic rings. The Morgan fingerprint density at radius 1 is 1.22 bits per heavy atom. The second kappa shape index (κ2) is 6.72. The summed E-state index contributed by atoms with van der Waals surface area (Å²) >= 11 is 7.54. The number of aromatic nitrogens is 2. The van der Waals surface area contributed by atoms with Crippen molar-refractivity contribution in [2.45, 2.75) is 25.0 Å². The third-order valence-corrected chi connectivity index (χ3v) is 4.68. The molecule has 4 nitrogen and oxygen atoms in total. The Hall–Kier alpha value is -1.85. The topological polar surface area (TPSA) is 64.2 Å². The van der Waals surface area contributed by atoms with E-state index in [0.717, 1.165) is 22.6 Å². The summed E-state index contributed by atoms with van der Waals surface area (Å²) in [4.78, 5) is 13.4. The molecule has 0 saturated heterocycles. The van der Waals surface area contributed by atoms with Gasteiger partial charge in [-0.25, -0.2) is 4.99 Å². The fourth-order valence-corrected chi connectivity index (χ4v) is 3.28. The van der Waals surface area contributed by atoms with Gasteiger partial charge in [-0.15, -0.1) is 0 Å². The van der Waals surface area contributed by atoms with Crippen molar-refractivity contribution >= 4 is 34.2 Å². The Bertz CT molecular complexity index is 768. The maximum absolute atomic E-state index is 6.07. The van der Waals surface area contributed by atoms with Crippen LogP contribution < -0.4 is 5.73 Å². The standard InChI is InChI=1S/C17H17ClN4S/c1-10(2)14-8-21-15(9-20-14)16-7-13(22-17(19)23-16)11-4-3-5-12(18)6-11/h3-10,16H,1-2H3,(H2,19,22). The van der Waals surface area contributed by atoms with Crippen LogP contribution in [0.3, 0.4) is 0 Å². The summed E-state index contributed by atoms with van der Waals surface area (Å²) in [6, 6.07) is 7.59. The first-order valence-corrected chi connectivity index (χ1v) is 8.59. The predicted molar refractivity (Wildman–Crippen MR) is 97.5 cm³/mol. The SMILES string of the molecule is CC(C)c1cnc(C2C=C(c3cccc(Cl)c3)N=C(N)S2)cn1. The molecule has 0 saturated carbocycles. The summed E-state index contributed by atoms with van der Waals surface area (Å²) in [6.07, 6.45) is 5.69. The summed E-state index contributed by atoms with van der Waals surface area (Å²) in [7, 11) is 0. The number of rotatable bonds is 3. The molecule has 0 fully saturated rings. The van der Waals surface area contributed by atoms with Gasteiger partial charge in [0.25, 0.3) is 0 Å². The molecule has 1 aromatic carbocycles. The van der Waals surface area contributed by atoms with E-state index < -0.39 is 0 Å². The van der Waals surface area contributed by atoms with Gasteiger partial charge in [-0.1, -0.05) is 49.3 Å². The minimum atomic E-state index is -0.00445. The molecular formula is C17H17ClN4S. The van der Waals surface area contributed by atoms with E-state index in [9.17, 15) is 0 Å². The molecule has 1 aliphatic rings. The Morgan fingerprint density at radius 3 is 2.70 bits per heavy atom. The lowest BCUT2D eigenvalue weighted by molar-refractivity contribution is 0.803. The van der Waals surface area contributed by atoms with Gasteiger partial charge < -0.3 is 5.73 Å².